The Morgan fingerprint density at radius 2 is 1.62 bits per heavy atom. The van der Waals surface area contributed by atoms with E-state index in [2.05, 4.69) is 48.3 Å². The number of nitrogens with zero attached hydrogens (tertiary/aromatic N) is 3. The van der Waals surface area contributed by atoms with Crippen LogP contribution >= 0.6 is 0 Å². The molecule has 2 amide bonds. The predicted molar refractivity (Wildman–Crippen MR) is 126 cm³/mol. The van der Waals surface area contributed by atoms with Gasteiger partial charge in [0, 0.05) is 44.1 Å². The van der Waals surface area contributed by atoms with Crippen molar-refractivity contribution < 1.29 is 9.59 Å². The van der Waals surface area contributed by atoms with Crippen LogP contribution in [0.4, 0.5) is 0 Å². The van der Waals surface area contributed by atoms with Crippen LogP contribution < -0.4 is 0 Å². The van der Waals surface area contributed by atoms with Gasteiger partial charge in [0.15, 0.2) is 0 Å². The summed E-state index contributed by atoms with van der Waals surface area (Å²) in [5.41, 5.74) is 4.05. The van der Waals surface area contributed by atoms with Crippen LogP contribution in [0.1, 0.15) is 29.3 Å². The van der Waals surface area contributed by atoms with E-state index >= 15 is 0 Å². The van der Waals surface area contributed by atoms with Gasteiger partial charge >= 0.3 is 0 Å². The number of rotatable bonds is 6. The number of amides is 2. The molecule has 0 radical (unpaired) electrons. The van der Waals surface area contributed by atoms with Gasteiger partial charge in [-0.25, -0.2) is 0 Å². The summed E-state index contributed by atoms with van der Waals surface area (Å²) in [6.07, 6.45) is 4.79. The van der Waals surface area contributed by atoms with Crippen molar-refractivity contribution in [2.45, 2.75) is 19.8 Å². The second kappa shape index (κ2) is 10.2. The summed E-state index contributed by atoms with van der Waals surface area (Å²) in [6, 6.07) is 22.1. The van der Waals surface area contributed by atoms with Gasteiger partial charge in [-0.05, 0) is 41.7 Å². The molecule has 4 rings (SSSR count). The Kier molecular flexibility index (Phi) is 6.95. The molecule has 1 aliphatic heterocycles. The van der Waals surface area contributed by atoms with Gasteiger partial charge in [-0.2, -0.15) is 0 Å². The Morgan fingerprint density at radius 3 is 2.31 bits per heavy atom. The minimum absolute atomic E-state index is 0.0389. The van der Waals surface area contributed by atoms with E-state index in [0.717, 1.165) is 24.1 Å². The van der Waals surface area contributed by atoms with Crippen molar-refractivity contribution in [1.82, 2.24) is 14.8 Å². The van der Waals surface area contributed by atoms with E-state index < -0.39 is 0 Å². The normalized spacial score (nSPS) is 16.7. The third kappa shape index (κ3) is 5.05. The number of benzene rings is 2. The summed E-state index contributed by atoms with van der Waals surface area (Å²) >= 11 is 0. The minimum atomic E-state index is -0.252. The molecule has 1 saturated heterocycles. The van der Waals surface area contributed by atoms with E-state index in [1.807, 2.05) is 28.0 Å². The predicted octanol–water partition coefficient (Wildman–Crippen LogP) is 4.30. The molecule has 1 atom stereocenters. The molecule has 0 unspecified atom stereocenters. The summed E-state index contributed by atoms with van der Waals surface area (Å²) in [5, 5.41) is 0. The van der Waals surface area contributed by atoms with Gasteiger partial charge in [0.05, 0.1) is 5.92 Å². The van der Waals surface area contributed by atoms with Gasteiger partial charge in [-0.1, -0.05) is 61.5 Å². The topological polar surface area (TPSA) is 53.5 Å². The average molecular weight is 428 g/mol. The molecular formula is C27H29N3O2. The first-order valence-corrected chi connectivity index (χ1v) is 11.3. The van der Waals surface area contributed by atoms with E-state index in [-0.39, 0.29) is 17.7 Å². The summed E-state index contributed by atoms with van der Waals surface area (Å²) < 4.78 is 0. The minimum Gasteiger partial charge on any atom is -0.341 e. The lowest BCUT2D eigenvalue weighted by molar-refractivity contribution is -0.134. The summed E-state index contributed by atoms with van der Waals surface area (Å²) in [6.45, 7) is 4.36. The highest BCUT2D eigenvalue weighted by Gasteiger charge is 2.32. The zero-order valence-corrected chi connectivity index (χ0v) is 18.5. The smallest absolute Gasteiger partial charge is 0.254 e. The van der Waals surface area contributed by atoms with Crippen molar-refractivity contribution >= 4 is 11.8 Å². The lowest BCUT2D eigenvalue weighted by Crippen LogP contribution is -2.38. The molecule has 2 aromatic carbocycles. The fourth-order valence-electron chi connectivity index (χ4n) is 4.30. The fraction of sp³-hybridized carbons (Fsp3) is 0.296. The van der Waals surface area contributed by atoms with Crippen LogP contribution in [-0.4, -0.2) is 52.8 Å². The molecule has 0 saturated carbocycles. The molecule has 1 aliphatic rings. The van der Waals surface area contributed by atoms with E-state index in [1.165, 1.54) is 5.56 Å². The van der Waals surface area contributed by atoms with Crippen LogP contribution in [0.5, 0.6) is 0 Å². The number of carbonyl (C=O) groups excluding carboxylic acids is 2. The lowest BCUT2D eigenvalue weighted by Gasteiger charge is -2.24. The largest absolute Gasteiger partial charge is 0.341 e. The number of pyridine rings is 1. The molecule has 2 heterocycles. The van der Waals surface area contributed by atoms with E-state index in [9.17, 15) is 9.59 Å². The first-order chi connectivity index (χ1) is 15.7. The number of carbonyl (C=O) groups is 2. The summed E-state index contributed by atoms with van der Waals surface area (Å²) in [7, 11) is 0. The summed E-state index contributed by atoms with van der Waals surface area (Å²) in [4.78, 5) is 34.2. The molecule has 3 aromatic rings. The molecule has 0 spiro atoms. The quantitative estimate of drug-likeness (QED) is 0.589. The van der Waals surface area contributed by atoms with Crippen molar-refractivity contribution in [1.29, 1.82) is 0 Å². The zero-order chi connectivity index (χ0) is 22.3. The van der Waals surface area contributed by atoms with Crippen molar-refractivity contribution in [3.05, 3.63) is 90.3 Å². The van der Waals surface area contributed by atoms with Gasteiger partial charge in [0.25, 0.3) is 5.91 Å². The zero-order valence-electron chi connectivity index (χ0n) is 18.5. The average Bonchev–Trinajstić information content (AvgIpc) is 3.00. The Balaban J connectivity index is 1.53. The van der Waals surface area contributed by atoms with Gasteiger partial charge in [-0.15, -0.1) is 0 Å². The van der Waals surface area contributed by atoms with Crippen LogP contribution in [0.3, 0.4) is 0 Å². The molecule has 5 heteroatoms. The van der Waals surface area contributed by atoms with Crippen molar-refractivity contribution in [3.8, 4) is 11.1 Å². The second-order valence-corrected chi connectivity index (χ2v) is 8.28. The number of hydrogen-bond donors (Lipinski definition) is 0. The van der Waals surface area contributed by atoms with Crippen molar-refractivity contribution in [2.24, 2.45) is 5.92 Å². The van der Waals surface area contributed by atoms with E-state index in [4.69, 9.17) is 0 Å². The van der Waals surface area contributed by atoms with Crippen molar-refractivity contribution in [3.63, 3.8) is 0 Å². The van der Waals surface area contributed by atoms with Gasteiger partial charge in [-0.3, -0.25) is 14.6 Å². The maximum Gasteiger partial charge on any atom is 0.254 e. The molecule has 1 fully saturated rings. The van der Waals surface area contributed by atoms with Crippen LogP contribution in [0.15, 0.2) is 79.1 Å². The number of hydrogen-bond acceptors (Lipinski definition) is 3. The second-order valence-electron chi connectivity index (χ2n) is 8.28. The maximum absolute atomic E-state index is 13.3. The third-order valence-corrected chi connectivity index (χ3v) is 5.99. The van der Waals surface area contributed by atoms with Gasteiger partial charge in [0.1, 0.15) is 0 Å². The highest BCUT2D eigenvalue weighted by Crippen LogP contribution is 2.23. The standard InChI is InChI=1S/C27H29N3O2/c1-2-16-29-17-18-30(26(31)24-12-14-28-15-13-24)20-25(27(29)32)19-21-8-10-23(11-9-21)22-6-4-3-5-7-22/h3-15,25H,2,16-20H2,1H3/t25-/m1/s1. The highest BCUT2D eigenvalue weighted by atomic mass is 16.2. The molecule has 0 bridgehead atoms. The van der Waals surface area contributed by atoms with E-state index in [1.54, 1.807) is 24.5 Å². The molecule has 0 N–H and O–H groups in total. The SMILES string of the molecule is CCCN1CCN(C(=O)c2ccncc2)C[C@@H](Cc2ccc(-c3ccccc3)cc2)C1=O. The van der Waals surface area contributed by atoms with Crippen LogP contribution in [0.25, 0.3) is 11.1 Å². The Morgan fingerprint density at radius 1 is 0.938 bits per heavy atom. The van der Waals surface area contributed by atoms with Crippen LogP contribution in [-0.2, 0) is 11.2 Å². The molecule has 5 nitrogen and oxygen atoms in total. The first-order valence-electron chi connectivity index (χ1n) is 11.3. The molecule has 164 valence electrons. The Hall–Kier alpha value is -3.47. The van der Waals surface area contributed by atoms with E-state index in [0.29, 0.717) is 31.6 Å². The fourth-order valence-corrected chi connectivity index (χ4v) is 4.30. The molecule has 1 aromatic heterocycles. The molecule has 0 aliphatic carbocycles. The van der Waals surface area contributed by atoms with Crippen LogP contribution in [0.2, 0.25) is 0 Å². The van der Waals surface area contributed by atoms with Gasteiger partial charge < -0.3 is 9.80 Å². The number of aromatic nitrogens is 1. The van der Waals surface area contributed by atoms with Crippen molar-refractivity contribution in [2.75, 3.05) is 26.2 Å². The lowest BCUT2D eigenvalue weighted by atomic mass is 9.95. The monoisotopic (exact) mass is 427 g/mol. The molecular weight excluding hydrogens is 398 g/mol. The first kappa shape index (κ1) is 21.8. The Labute approximate surface area is 189 Å². The Bertz CT molecular complexity index is 1040. The maximum atomic E-state index is 13.3. The summed E-state index contributed by atoms with van der Waals surface area (Å²) in [5.74, 6) is -0.149. The molecule has 32 heavy (non-hydrogen) atoms. The third-order valence-electron chi connectivity index (χ3n) is 5.99. The highest BCUT2D eigenvalue weighted by molar-refractivity contribution is 5.94. The van der Waals surface area contributed by atoms with Gasteiger partial charge in [0.2, 0.25) is 5.91 Å². The van der Waals surface area contributed by atoms with Crippen LogP contribution in [0, 0.1) is 5.92 Å².